The van der Waals surface area contributed by atoms with Crippen molar-refractivity contribution in [3.05, 3.63) is 29.3 Å². The summed E-state index contributed by atoms with van der Waals surface area (Å²) >= 11 is 0. The summed E-state index contributed by atoms with van der Waals surface area (Å²) in [5, 5.41) is 0. The molecule has 0 aromatic heterocycles. The maximum Gasteiger partial charge on any atom is 0.122 e. The van der Waals surface area contributed by atoms with Gasteiger partial charge in [0.25, 0.3) is 0 Å². The van der Waals surface area contributed by atoms with Crippen LogP contribution in [0.15, 0.2) is 18.2 Å². The van der Waals surface area contributed by atoms with Gasteiger partial charge in [0.05, 0.1) is 7.11 Å². The first-order valence-corrected chi connectivity index (χ1v) is 5.09. The van der Waals surface area contributed by atoms with E-state index >= 15 is 0 Å². The van der Waals surface area contributed by atoms with Crippen LogP contribution in [0.25, 0.3) is 0 Å². The van der Waals surface area contributed by atoms with E-state index in [1.165, 1.54) is 0 Å². The summed E-state index contributed by atoms with van der Waals surface area (Å²) in [5.74, 6) is 0.925. The van der Waals surface area contributed by atoms with E-state index < -0.39 is 0 Å². The maximum atomic E-state index is 6.02. The largest absolute Gasteiger partial charge is 0.496 e. The molecular formula is C12H19NO. The van der Waals surface area contributed by atoms with Crippen LogP contribution in [0.5, 0.6) is 5.75 Å². The van der Waals surface area contributed by atoms with E-state index in [-0.39, 0.29) is 6.04 Å². The number of aryl methyl sites for hydroxylation is 1. The molecule has 0 aliphatic heterocycles. The van der Waals surface area contributed by atoms with E-state index in [0.29, 0.717) is 0 Å². The minimum absolute atomic E-state index is 0.134. The van der Waals surface area contributed by atoms with Crippen molar-refractivity contribution in [2.24, 2.45) is 5.73 Å². The van der Waals surface area contributed by atoms with Crippen molar-refractivity contribution in [1.29, 1.82) is 0 Å². The molecule has 1 aromatic rings. The number of hydrogen-bond acceptors (Lipinski definition) is 2. The van der Waals surface area contributed by atoms with Gasteiger partial charge in [0.1, 0.15) is 5.75 Å². The van der Waals surface area contributed by atoms with Crippen molar-refractivity contribution in [3.63, 3.8) is 0 Å². The Labute approximate surface area is 86.1 Å². The van der Waals surface area contributed by atoms with Gasteiger partial charge < -0.3 is 10.5 Å². The molecule has 0 heterocycles. The second-order valence-electron chi connectivity index (χ2n) is 3.62. The average molecular weight is 193 g/mol. The summed E-state index contributed by atoms with van der Waals surface area (Å²) in [5.41, 5.74) is 8.34. The van der Waals surface area contributed by atoms with Crippen LogP contribution < -0.4 is 10.5 Å². The zero-order valence-electron chi connectivity index (χ0n) is 9.21. The molecule has 2 nitrogen and oxygen atoms in total. The molecule has 0 amide bonds. The van der Waals surface area contributed by atoms with E-state index in [2.05, 4.69) is 19.1 Å². The highest BCUT2D eigenvalue weighted by Gasteiger charge is 2.07. The van der Waals surface area contributed by atoms with Crippen LogP contribution in [0.3, 0.4) is 0 Å². The number of ether oxygens (including phenoxy) is 1. The lowest BCUT2D eigenvalue weighted by Gasteiger charge is -2.13. The van der Waals surface area contributed by atoms with Gasteiger partial charge in [-0.15, -0.1) is 0 Å². The molecule has 0 radical (unpaired) electrons. The lowest BCUT2D eigenvalue weighted by atomic mass is 10.0. The van der Waals surface area contributed by atoms with Crippen LogP contribution in [-0.2, 0) is 0 Å². The van der Waals surface area contributed by atoms with E-state index in [4.69, 9.17) is 10.5 Å². The van der Waals surface area contributed by atoms with Gasteiger partial charge >= 0.3 is 0 Å². The van der Waals surface area contributed by atoms with Crippen molar-refractivity contribution < 1.29 is 4.74 Å². The van der Waals surface area contributed by atoms with Crippen LogP contribution in [-0.4, -0.2) is 7.11 Å². The molecule has 1 aromatic carbocycles. The highest BCUT2D eigenvalue weighted by Crippen LogP contribution is 2.23. The third-order valence-corrected chi connectivity index (χ3v) is 2.46. The van der Waals surface area contributed by atoms with E-state index in [1.54, 1.807) is 7.11 Å². The van der Waals surface area contributed by atoms with Gasteiger partial charge in [-0.25, -0.2) is 0 Å². The third kappa shape index (κ3) is 2.48. The second-order valence-corrected chi connectivity index (χ2v) is 3.62. The molecule has 0 fully saturated rings. The van der Waals surface area contributed by atoms with Gasteiger partial charge in [-0.3, -0.25) is 0 Å². The minimum atomic E-state index is 0.134. The fourth-order valence-electron chi connectivity index (χ4n) is 1.54. The maximum absolute atomic E-state index is 6.02. The fourth-order valence-corrected chi connectivity index (χ4v) is 1.54. The summed E-state index contributed by atoms with van der Waals surface area (Å²) in [4.78, 5) is 0. The van der Waals surface area contributed by atoms with Crippen LogP contribution in [0.4, 0.5) is 0 Å². The molecule has 0 aliphatic rings. The van der Waals surface area contributed by atoms with Crippen molar-refractivity contribution in [2.45, 2.75) is 32.7 Å². The molecule has 0 spiro atoms. The van der Waals surface area contributed by atoms with E-state index in [1.807, 2.05) is 13.0 Å². The first-order chi connectivity index (χ1) is 6.69. The Kier molecular flexibility index (Phi) is 3.96. The summed E-state index contributed by atoms with van der Waals surface area (Å²) in [6.07, 6.45) is 2.13. The Morgan fingerprint density at radius 2 is 2.14 bits per heavy atom. The van der Waals surface area contributed by atoms with Crippen molar-refractivity contribution >= 4 is 0 Å². The first kappa shape index (κ1) is 11.1. The number of benzene rings is 1. The van der Waals surface area contributed by atoms with Crippen LogP contribution in [0.1, 0.15) is 36.9 Å². The summed E-state index contributed by atoms with van der Waals surface area (Å²) in [7, 11) is 1.69. The predicted octanol–water partition coefficient (Wildman–Crippen LogP) is 2.80. The molecule has 2 N–H and O–H groups in total. The monoisotopic (exact) mass is 193 g/mol. The quantitative estimate of drug-likeness (QED) is 0.798. The fraction of sp³-hybridized carbons (Fsp3) is 0.500. The molecule has 1 rings (SSSR count). The van der Waals surface area contributed by atoms with Crippen LogP contribution in [0, 0.1) is 6.92 Å². The standard InChI is InChI=1S/C12H19NO/c1-4-5-11(13)10-7-6-9(2)12(8-10)14-3/h6-8,11H,4-5,13H2,1-3H3/t11-/m0/s1. The average Bonchev–Trinajstić information content (AvgIpc) is 2.19. The Bertz CT molecular complexity index is 296. The smallest absolute Gasteiger partial charge is 0.122 e. The van der Waals surface area contributed by atoms with Crippen molar-refractivity contribution in [3.8, 4) is 5.75 Å². The predicted molar refractivity (Wildman–Crippen MR) is 59.6 cm³/mol. The molecule has 1 atom stereocenters. The van der Waals surface area contributed by atoms with Gasteiger partial charge in [-0.05, 0) is 30.5 Å². The third-order valence-electron chi connectivity index (χ3n) is 2.46. The number of methoxy groups -OCH3 is 1. The van der Waals surface area contributed by atoms with Crippen LogP contribution in [0.2, 0.25) is 0 Å². The van der Waals surface area contributed by atoms with E-state index in [0.717, 1.165) is 29.7 Å². The van der Waals surface area contributed by atoms with Crippen molar-refractivity contribution in [1.82, 2.24) is 0 Å². The summed E-state index contributed by atoms with van der Waals surface area (Å²) in [6, 6.07) is 6.31. The lowest BCUT2D eigenvalue weighted by Crippen LogP contribution is -2.09. The lowest BCUT2D eigenvalue weighted by molar-refractivity contribution is 0.410. The van der Waals surface area contributed by atoms with Crippen molar-refractivity contribution in [2.75, 3.05) is 7.11 Å². The first-order valence-electron chi connectivity index (χ1n) is 5.09. The SMILES string of the molecule is CCC[C@H](N)c1ccc(C)c(OC)c1. The topological polar surface area (TPSA) is 35.2 Å². The molecular weight excluding hydrogens is 174 g/mol. The van der Waals surface area contributed by atoms with Gasteiger partial charge in [0.15, 0.2) is 0 Å². The molecule has 0 bridgehead atoms. The molecule has 0 saturated heterocycles. The molecule has 14 heavy (non-hydrogen) atoms. The molecule has 0 saturated carbocycles. The number of nitrogens with two attached hydrogens (primary N) is 1. The molecule has 0 unspecified atom stereocenters. The van der Waals surface area contributed by atoms with Gasteiger partial charge in [0.2, 0.25) is 0 Å². The Balaban J connectivity index is 2.88. The Morgan fingerprint density at radius 3 is 2.71 bits per heavy atom. The number of hydrogen-bond donors (Lipinski definition) is 1. The normalized spacial score (nSPS) is 12.6. The molecule has 0 aliphatic carbocycles. The molecule has 78 valence electrons. The Morgan fingerprint density at radius 1 is 1.43 bits per heavy atom. The van der Waals surface area contributed by atoms with E-state index in [9.17, 15) is 0 Å². The summed E-state index contributed by atoms with van der Waals surface area (Å²) in [6.45, 7) is 4.18. The zero-order chi connectivity index (χ0) is 10.6. The van der Waals surface area contributed by atoms with Crippen LogP contribution >= 0.6 is 0 Å². The summed E-state index contributed by atoms with van der Waals surface area (Å²) < 4.78 is 5.26. The van der Waals surface area contributed by atoms with Gasteiger partial charge in [-0.2, -0.15) is 0 Å². The van der Waals surface area contributed by atoms with Gasteiger partial charge in [0, 0.05) is 6.04 Å². The number of rotatable bonds is 4. The zero-order valence-corrected chi connectivity index (χ0v) is 9.21. The van der Waals surface area contributed by atoms with Gasteiger partial charge in [-0.1, -0.05) is 25.5 Å². The Hall–Kier alpha value is -1.02. The highest BCUT2D eigenvalue weighted by molar-refractivity contribution is 5.37. The highest BCUT2D eigenvalue weighted by atomic mass is 16.5. The minimum Gasteiger partial charge on any atom is -0.496 e. The second kappa shape index (κ2) is 5.01. The molecule has 2 heteroatoms.